The number of hydrogen-bond acceptors (Lipinski definition) is 3. The van der Waals surface area contributed by atoms with Crippen molar-refractivity contribution >= 4 is 23.6 Å². The Kier molecular flexibility index (Phi) is 7.29. The Bertz CT molecular complexity index is 462. The van der Waals surface area contributed by atoms with E-state index in [0.717, 1.165) is 5.56 Å². The average Bonchev–Trinajstić information content (AvgIpc) is 2.45. The number of benzene rings is 1. The molecule has 5 heteroatoms. The molecule has 4 nitrogen and oxygen atoms in total. The second kappa shape index (κ2) is 8.72. The molecule has 0 bridgehead atoms. The van der Waals surface area contributed by atoms with E-state index in [1.807, 2.05) is 51.1 Å². The highest BCUT2D eigenvalue weighted by Crippen LogP contribution is 2.20. The molecule has 0 aromatic heterocycles. The van der Waals surface area contributed by atoms with Crippen molar-refractivity contribution in [2.75, 3.05) is 12.3 Å². The number of aliphatic carboxylic acids is 1. The highest BCUT2D eigenvalue weighted by molar-refractivity contribution is 8.01. The summed E-state index contributed by atoms with van der Waals surface area (Å²) < 4.78 is 0. The normalized spacial score (nSPS) is 12.2. The van der Waals surface area contributed by atoms with Crippen LogP contribution in [-0.2, 0) is 16.1 Å². The standard InChI is InChI=1S/C16H23NO3S/c1-4-17(10-13-8-6-5-7-9-13)14(18)11-21-15(12(2)3)16(19)20/h5-9,12,15H,4,10-11H2,1-3H3,(H,19,20). The molecule has 0 spiro atoms. The van der Waals surface area contributed by atoms with Crippen molar-refractivity contribution in [3.05, 3.63) is 35.9 Å². The summed E-state index contributed by atoms with van der Waals surface area (Å²) in [5.41, 5.74) is 1.08. The second-order valence-corrected chi connectivity index (χ2v) is 6.34. The van der Waals surface area contributed by atoms with Gasteiger partial charge >= 0.3 is 5.97 Å². The molecule has 1 unspecified atom stereocenters. The summed E-state index contributed by atoms with van der Waals surface area (Å²) in [4.78, 5) is 25.1. The lowest BCUT2D eigenvalue weighted by Crippen LogP contribution is -2.33. The quantitative estimate of drug-likeness (QED) is 0.802. The first kappa shape index (κ1) is 17.6. The maximum atomic E-state index is 12.2. The Balaban J connectivity index is 2.57. The summed E-state index contributed by atoms with van der Waals surface area (Å²) in [6.45, 7) is 6.84. The maximum absolute atomic E-state index is 12.2. The highest BCUT2D eigenvalue weighted by Gasteiger charge is 2.24. The molecule has 0 heterocycles. The van der Waals surface area contributed by atoms with Crippen LogP contribution >= 0.6 is 11.8 Å². The van der Waals surface area contributed by atoms with E-state index in [9.17, 15) is 9.59 Å². The van der Waals surface area contributed by atoms with Crippen molar-refractivity contribution in [1.29, 1.82) is 0 Å². The van der Waals surface area contributed by atoms with Crippen LogP contribution in [0.4, 0.5) is 0 Å². The van der Waals surface area contributed by atoms with Crippen LogP contribution in [0.2, 0.25) is 0 Å². The first-order chi connectivity index (χ1) is 9.95. The van der Waals surface area contributed by atoms with Gasteiger partial charge < -0.3 is 10.0 Å². The van der Waals surface area contributed by atoms with E-state index in [-0.39, 0.29) is 17.6 Å². The minimum absolute atomic E-state index is 0.00417. The summed E-state index contributed by atoms with van der Waals surface area (Å²) in [7, 11) is 0. The Hall–Kier alpha value is -1.49. The molecule has 1 amide bonds. The number of carbonyl (C=O) groups excluding carboxylic acids is 1. The van der Waals surface area contributed by atoms with Crippen molar-refractivity contribution < 1.29 is 14.7 Å². The summed E-state index contributed by atoms with van der Waals surface area (Å²) >= 11 is 1.21. The summed E-state index contributed by atoms with van der Waals surface area (Å²) in [6.07, 6.45) is 0. The first-order valence-electron chi connectivity index (χ1n) is 7.11. The Labute approximate surface area is 130 Å². The van der Waals surface area contributed by atoms with E-state index in [0.29, 0.717) is 13.1 Å². The first-order valence-corrected chi connectivity index (χ1v) is 8.16. The van der Waals surface area contributed by atoms with E-state index in [2.05, 4.69) is 0 Å². The highest BCUT2D eigenvalue weighted by atomic mass is 32.2. The van der Waals surface area contributed by atoms with Gasteiger partial charge in [0.05, 0.1) is 5.75 Å². The zero-order chi connectivity index (χ0) is 15.8. The summed E-state index contributed by atoms with van der Waals surface area (Å²) in [5, 5.41) is 8.60. The zero-order valence-corrected chi connectivity index (χ0v) is 13.6. The summed E-state index contributed by atoms with van der Waals surface area (Å²) in [5.74, 6) is -0.660. The average molecular weight is 309 g/mol. The molecule has 1 N–H and O–H groups in total. The van der Waals surface area contributed by atoms with E-state index in [4.69, 9.17) is 5.11 Å². The third-order valence-corrected chi connectivity index (χ3v) is 4.70. The second-order valence-electron chi connectivity index (χ2n) is 5.21. The molecule has 0 saturated heterocycles. The molecule has 0 aliphatic rings. The smallest absolute Gasteiger partial charge is 0.316 e. The number of carboxylic acids is 1. The minimum atomic E-state index is -0.853. The Morgan fingerprint density at radius 1 is 1.24 bits per heavy atom. The van der Waals surface area contributed by atoms with Crippen LogP contribution in [0.15, 0.2) is 30.3 Å². The van der Waals surface area contributed by atoms with Gasteiger partial charge in [-0.15, -0.1) is 11.8 Å². The number of amides is 1. The fourth-order valence-electron chi connectivity index (χ4n) is 1.98. The predicted molar refractivity (Wildman–Crippen MR) is 86.3 cm³/mol. The number of thioether (sulfide) groups is 1. The van der Waals surface area contributed by atoms with E-state index in [1.54, 1.807) is 4.90 Å². The molecule has 1 aromatic carbocycles. The number of carboxylic acid groups (broad SMARTS) is 1. The van der Waals surface area contributed by atoms with Gasteiger partial charge in [0.2, 0.25) is 5.91 Å². The number of hydrogen-bond donors (Lipinski definition) is 1. The molecule has 0 aliphatic heterocycles. The van der Waals surface area contributed by atoms with Crippen molar-refractivity contribution in [1.82, 2.24) is 4.90 Å². The Morgan fingerprint density at radius 2 is 1.86 bits per heavy atom. The molecular formula is C16H23NO3S. The lowest BCUT2D eigenvalue weighted by atomic mass is 10.1. The number of carbonyl (C=O) groups is 2. The van der Waals surface area contributed by atoms with Gasteiger partial charge in [0.1, 0.15) is 5.25 Å². The van der Waals surface area contributed by atoms with Gasteiger partial charge in [-0.05, 0) is 18.4 Å². The van der Waals surface area contributed by atoms with Crippen molar-refractivity contribution in [2.45, 2.75) is 32.6 Å². The molecular weight excluding hydrogens is 286 g/mol. The van der Waals surface area contributed by atoms with Crippen molar-refractivity contribution in [3.63, 3.8) is 0 Å². The van der Waals surface area contributed by atoms with Gasteiger partial charge in [-0.2, -0.15) is 0 Å². The third kappa shape index (κ3) is 5.79. The van der Waals surface area contributed by atoms with Crippen molar-refractivity contribution in [2.24, 2.45) is 5.92 Å². The Morgan fingerprint density at radius 3 is 2.33 bits per heavy atom. The maximum Gasteiger partial charge on any atom is 0.316 e. The van der Waals surface area contributed by atoms with Gasteiger partial charge in [-0.1, -0.05) is 44.2 Å². The molecule has 0 fully saturated rings. The topological polar surface area (TPSA) is 57.6 Å². The molecule has 116 valence electrons. The molecule has 0 radical (unpaired) electrons. The molecule has 21 heavy (non-hydrogen) atoms. The molecule has 1 aromatic rings. The van der Waals surface area contributed by atoms with Crippen LogP contribution in [0.3, 0.4) is 0 Å². The fourth-order valence-corrected chi connectivity index (χ4v) is 3.01. The molecule has 1 atom stereocenters. The van der Waals surface area contributed by atoms with Crippen LogP contribution in [-0.4, -0.2) is 39.4 Å². The molecule has 0 saturated carbocycles. The third-order valence-electron chi connectivity index (χ3n) is 3.19. The number of rotatable bonds is 8. The van der Waals surface area contributed by atoms with Gasteiger partial charge in [-0.3, -0.25) is 9.59 Å². The van der Waals surface area contributed by atoms with Crippen molar-refractivity contribution in [3.8, 4) is 0 Å². The van der Waals surface area contributed by atoms with Crippen LogP contribution in [0.25, 0.3) is 0 Å². The van der Waals surface area contributed by atoms with Gasteiger partial charge in [0, 0.05) is 13.1 Å². The monoisotopic (exact) mass is 309 g/mol. The summed E-state index contributed by atoms with van der Waals surface area (Å²) in [6, 6.07) is 9.80. The lowest BCUT2D eigenvalue weighted by molar-refractivity contribution is -0.137. The van der Waals surface area contributed by atoms with Gasteiger partial charge in [0.25, 0.3) is 0 Å². The van der Waals surface area contributed by atoms with Crippen LogP contribution < -0.4 is 0 Å². The fraction of sp³-hybridized carbons (Fsp3) is 0.500. The van der Waals surface area contributed by atoms with E-state index >= 15 is 0 Å². The van der Waals surface area contributed by atoms with E-state index < -0.39 is 11.2 Å². The van der Waals surface area contributed by atoms with Crippen LogP contribution in [0.1, 0.15) is 26.3 Å². The zero-order valence-electron chi connectivity index (χ0n) is 12.8. The van der Waals surface area contributed by atoms with Crippen LogP contribution in [0.5, 0.6) is 0 Å². The SMILES string of the molecule is CCN(Cc1ccccc1)C(=O)CSC(C(=O)O)C(C)C. The molecule has 0 aliphatic carbocycles. The largest absolute Gasteiger partial charge is 0.480 e. The number of nitrogens with zero attached hydrogens (tertiary/aromatic N) is 1. The van der Waals surface area contributed by atoms with Crippen LogP contribution in [0, 0.1) is 5.92 Å². The molecule has 1 rings (SSSR count). The predicted octanol–water partition coefficient (Wildman–Crippen LogP) is 2.88. The van der Waals surface area contributed by atoms with E-state index in [1.165, 1.54) is 11.8 Å². The lowest BCUT2D eigenvalue weighted by Gasteiger charge is -2.22. The van der Waals surface area contributed by atoms with Gasteiger partial charge in [-0.25, -0.2) is 0 Å². The minimum Gasteiger partial charge on any atom is -0.480 e. The van der Waals surface area contributed by atoms with Gasteiger partial charge in [0.15, 0.2) is 0 Å².